The fourth-order valence-electron chi connectivity index (χ4n) is 2.39. The average Bonchev–Trinajstić information content (AvgIpc) is 2.86. The van der Waals surface area contributed by atoms with Gasteiger partial charge in [0.2, 0.25) is 0 Å². The highest BCUT2D eigenvalue weighted by Gasteiger charge is 3.00. The molecule has 288 valence electrons. The number of nitrogens with one attached hydrogen (secondary N) is 1. The van der Waals surface area contributed by atoms with E-state index in [2.05, 4.69) is 18.5 Å². The Hall–Kier alpha value is -2.40. The fraction of sp³-hybridized carbons (Fsp3) is 0.778. The molecule has 0 unspecified atom stereocenters. The molecule has 0 rings (SSSR count). The minimum atomic E-state index is -9.76. The van der Waals surface area contributed by atoms with Gasteiger partial charge in [-0.3, -0.25) is 4.55 Å². The Morgan fingerprint density at radius 3 is 0.771 bits per heavy atom. The quantitative estimate of drug-likeness (QED) is 0.0758. The molecular weight excluding hydrogens is 785 g/mol. The average molecular weight is 797 g/mol. The molecule has 0 aromatic rings. The Labute approximate surface area is 248 Å². The lowest BCUT2D eigenvalue weighted by atomic mass is 9.85. The van der Waals surface area contributed by atoms with Crippen LogP contribution in [0.3, 0.4) is 0 Å². The highest BCUT2D eigenvalue weighted by atomic mass is 32.2. The zero-order valence-corrected chi connectivity index (χ0v) is 22.4. The maximum absolute atomic E-state index is 13.5. The number of halogens is 25. The molecule has 48 heavy (non-hydrogen) atoms. The van der Waals surface area contributed by atoms with E-state index in [0.29, 0.717) is 0 Å². The van der Waals surface area contributed by atoms with Gasteiger partial charge in [-0.25, -0.2) is 0 Å². The molecule has 0 aromatic carbocycles. The summed E-state index contributed by atoms with van der Waals surface area (Å²) in [4.78, 5) is 0. The van der Waals surface area contributed by atoms with Gasteiger partial charge in [0.25, 0.3) is 0 Å². The number of hydrogen-bond acceptors (Lipinski definition) is 3. The largest absolute Gasteiger partial charge is 0.460 e. The second-order valence-electron chi connectivity index (χ2n) is 8.47. The van der Waals surface area contributed by atoms with Gasteiger partial charge in [0.1, 0.15) is 0 Å². The summed E-state index contributed by atoms with van der Waals surface area (Å²) in [6, 6.07) is 0. The number of alkyl halides is 25. The summed E-state index contributed by atoms with van der Waals surface area (Å²) >= 11 is 0. The summed E-state index contributed by atoms with van der Waals surface area (Å²) in [6.07, 6.45) is -4.58. The molecule has 0 atom stereocenters. The van der Waals surface area contributed by atoms with Gasteiger partial charge in [0.15, 0.2) is 0 Å². The van der Waals surface area contributed by atoms with Crippen LogP contribution in [0.25, 0.3) is 0 Å². The lowest BCUT2D eigenvalue weighted by Gasteiger charge is -2.45. The molecule has 0 aliphatic rings. The van der Waals surface area contributed by atoms with Crippen molar-refractivity contribution in [1.82, 2.24) is 5.32 Å². The summed E-state index contributed by atoms with van der Waals surface area (Å²) < 4.78 is 355. The standard InChI is InChI=1S/C12HF25O3S.C6H11N/c13-1(14,3(17,18)5(21,22)7(25,26)9(29,30)11(33,34)35)2(15,16)4(19,20)6(23,24)8(27,28)10(31,32)12(36,37)41(38,39)40;1-3-5-7-6-4-2/h(H,38,39,40);3-4,7H,1-2,5-6H2. The van der Waals surface area contributed by atoms with E-state index in [9.17, 15) is 118 Å². The summed E-state index contributed by atoms with van der Waals surface area (Å²) in [6.45, 7) is 8.81. The van der Waals surface area contributed by atoms with Crippen molar-refractivity contribution in [3.05, 3.63) is 25.3 Å². The normalized spacial score (nSPS) is 15.9. The van der Waals surface area contributed by atoms with Crippen LogP contribution in [0.5, 0.6) is 0 Å². The Balaban J connectivity index is 0. The van der Waals surface area contributed by atoms with Crippen LogP contribution in [0.15, 0.2) is 25.3 Å². The zero-order valence-electron chi connectivity index (χ0n) is 21.6. The van der Waals surface area contributed by atoms with Crippen molar-refractivity contribution in [2.75, 3.05) is 13.1 Å². The predicted octanol–water partition coefficient (Wildman–Crippen LogP) is 8.33. The minimum absolute atomic E-state index is 0.867. The van der Waals surface area contributed by atoms with E-state index in [1.807, 2.05) is 12.2 Å². The van der Waals surface area contributed by atoms with E-state index in [1.54, 1.807) is 0 Å². The van der Waals surface area contributed by atoms with Crippen molar-refractivity contribution in [2.45, 2.75) is 70.7 Å². The maximum atomic E-state index is 13.5. The van der Waals surface area contributed by atoms with Gasteiger partial charge in [-0.15, -0.1) is 13.2 Å². The van der Waals surface area contributed by atoms with Crippen LogP contribution in [0, 0.1) is 0 Å². The van der Waals surface area contributed by atoms with Gasteiger partial charge < -0.3 is 5.32 Å². The van der Waals surface area contributed by atoms with Crippen LogP contribution in [0.1, 0.15) is 0 Å². The van der Waals surface area contributed by atoms with Gasteiger partial charge in [-0.1, -0.05) is 12.2 Å². The first-order valence-electron chi connectivity index (χ1n) is 10.5. The first kappa shape index (κ1) is 47.7. The van der Waals surface area contributed by atoms with Crippen molar-refractivity contribution in [3.8, 4) is 0 Å². The van der Waals surface area contributed by atoms with Crippen molar-refractivity contribution in [1.29, 1.82) is 0 Å². The molecule has 0 amide bonds. The summed E-state index contributed by atoms with van der Waals surface area (Å²) in [5.74, 6) is -94.0. The van der Waals surface area contributed by atoms with E-state index in [1.165, 1.54) is 0 Å². The molecule has 0 aliphatic carbocycles. The lowest BCUT2D eigenvalue weighted by molar-refractivity contribution is -0.480. The summed E-state index contributed by atoms with van der Waals surface area (Å²) in [5.41, 5.74) is 0. The predicted molar refractivity (Wildman–Crippen MR) is 105 cm³/mol. The van der Waals surface area contributed by atoms with Crippen LogP contribution >= 0.6 is 0 Å². The minimum Gasteiger partial charge on any atom is -0.310 e. The van der Waals surface area contributed by atoms with E-state index in [4.69, 9.17) is 4.55 Å². The first-order chi connectivity index (χ1) is 20.4. The van der Waals surface area contributed by atoms with E-state index >= 15 is 0 Å². The van der Waals surface area contributed by atoms with Crippen molar-refractivity contribution >= 4 is 10.1 Å². The van der Waals surface area contributed by atoms with E-state index in [-0.39, 0.29) is 0 Å². The molecule has 0 bridgehead atoms. The molecule has 4 nitrogen and oxygen atoms in total. The molecular formula is C18H12F25NO3S. The molecule has 2 N–H and O–H groups in total. The third-order valence-corrected chi connectivity index (χ3v) is 6.08. The lowest BCUT2D eigenvalue weighted by Crippen LogP contribution is -2.78. The van der Waals surface area contributed by atoms with Gasteiger partial charge >= 0.3 is 80.8 Å². The Morgan fingerprint density at radius 2 is 0.604 bits per heavy atom. The van der Waals surface area contributed by atoms with Crippen molar-refractivity contribution in [3.63, 3.8) is 0 Å². The van der Waals surface area contributed by atoms with E-state index < -0.39 is 80.8 Å². The molecule has 0 heterocycles. The fourth-order valence-corrected chi connectivity index (χ4v) is 2.84. The highest BCUT2D eigenvalue weighted by molar-refractivity contribution is 7.87. The van der Waals surface area contributed by atoms with Crippen LogP contribution in [0.4, 0.5) is 110 Å². The third-order valence-electron chi connectivity index (χ3n) is 5.17. The van der Waals surface area contributed by atoms with Gasteiger partial charge in [-0.2, -0.15) is 118 Å². The highest BCUT2D eigenvalue weighted by Crippen LogP contribution is 2.67. The van der Waals surface area contributed by atoms with Gasteiger partial charge in [-0.05, 0) is 0 Å². The summed E-state index contributed by atoms with van der Waals surface area (Å²) in [5, 5.41) is -5.17. The SMILES string of the molecule is C=CCNCC=C.O=S(=O)(O)C(F)(F)C(F)(F)C(F)(F)C(F)(F)C(F)(F)C(F)(F)C(F)(F)C(F)(F)C(F)(F)C(F)(F)C(F)(F)C(F)(F)F. The summed E-state index contributed by atoms with van der Waals surface area (Å²) in [7, 11) is -8.24. The van der Waals surface area contributed by atoms with Crippen LogP contribution in [-0.2, 0) is 10.1 Å². The maximum Gasteiger partial charge on any atom is 0.460 e. The molecule has 0 fully saturated rings. The zero-order chi connectivity index (χ0) is 40.0. The molecule has 0 aliphatic heterocycles. The smallest absolute Gasteiger partial charge is 0.310 e. The van der Waals surface area contributed by atoms with Crippen molar-refractivity contribution < 1.29 is 123 Å². The molecule has 0 saturated carbocycles. The van der Waals surface area contributed by atoms with Crippen LogP contribution in [0.2, 0.25) is 0 Å². The monoisotopic (exact) mass is 797 g/mol. The molecule has 0 saturated heterocycles. The van der Waals surface area contributed by atoms with Crippen molar-refractivity contribution in [2.24, 2.45) is 0 Å². The molecule has 30 heteroatoms. The van der Waals surface area contributed by atoms with E-state index in [0.717, 1.165) is 13.1 Å². The Kier molecular flexibility index (Phi) is 13.0. The molecule has 0 spiro atoms. The number of hydrogen-bond donors (Lipinski definition) is 2. The van der Waals surface area contributed by atoms with Crippen LogP contribution < -0.4 is 5.32 Å². The van der Waals surface area contributed by atoms with Crippen LogP contribution in [-0.4, -0.2) is 96.7 Å². The van der Waals surface area contributed by atoms with Gasteiger partial charge in [0.05, 0.1) is 0 Å². The van der Waals surface area contributed by atoms with Gasteiger partial charge in [0, 0.05) is 13.1 Å². The Morgan fingerprint density at radius 1 is 0.417 bits per heavy atom. The Bertz CT molecular complexity index is 1240. The topological polar surface area (TPSA) is 66.4 Å². The second kappa shape index (κ2) is 13.1. The molecule has 0 aromatic heterocycles. The number of rotatable bonds is 15. The molecule has 0 radical (unpaired) electrons. The second-order valence-corrected chi connectivity index (χ2v) is 9.93. The first-order valence-corrected chi connectivity index (χ1v) is 12.0. The third kappa shape index (κ3) is 6.59.